The molecule has 0 saturated carbocycles. The van der Waals surface area contributed by atoms with E-state index in [1.165, 1.54) is 6.07 Å². The van der Waals surface area contributed by atoms with Crippen molar-refractivity contribution in [3.05, 3.63) is 21.9 Å². The van der Waals surface area contributed by atoms with Crippen molar-refractivity contribution >= 4 is 35.5 Å². The quantitative estimate of drug-likeness (QED) is 0.449. The molecule has 1 heterocycles. The molecular formula is C11H16F3N2O2PS2. The van der Waals surface area contributed by atoms with Gasteiger partial charge in [-0.25, -0.2) is 5.20 Å². The number of rotatable bonds is 7. The molecule has 120 valence electrons. The van der Waals surface area contributed by atoms with E-state index in [9.17, 15) is 13.2 Å². The second-order valence-electron chi connectivity index (χ2n) is 3.80. The van der Waals surface area contributed by atoms with Crippen LogP contribution in [0.2, 0.25) is 0 Å². The van der Waals surface area contributed by atoms with E-state index in [1.807, 2.05) is 0 Å². The van der Waals surface area contributed by atoms with Crippen molar-refractivity contribution in [1.82, 2.24) is 5.20 Å². The van der Waals surface area contributed by atoms with Gasteiger partial charge >= 0.3 is 12.8 Å². The van der Waals surface area contributed by atoms with Gasteiger partial charge in [0.25, 0.3) is 0 Å². The zero-order valence-electron chi connectivity index (χ0n) is 11.7. The van der Waals surface area contributed by atoms with Gasteiger partial charge in [0.1, 0.15) is 0 Å². The SMILES string of the molecule is CCOP(=S)(NN=C(c1ccc(C)s1)C(F)(F)F)OCC. The largest absolute Gasteiger partial charge is 0.436 e. The van der Waals surface area contributed by atoms with E-state index in [2.05, 4.69) is 10.3 Å². The molecule has 0 fully saturated rings. The fourth-order valence-electron chi connectivity index (χ4n) is 1.37. The van der Waals surface area contributed by atoms with E-state index in [-0.39, 0.29) is 18.1 Å². The van der Waals surface area contributed by atoms with Crippen LogP contribution < -0.4 is 5.20 Å². The Kier molecular flexibility index (Phi) is 6.80. The van der Waals surface area contributed by atoms with Crippen LogP contribution in [0.1, 0.15) is 23.6 Å². The molecule has 0 radical (unpaired) electrons. The summed E-state index contributed by atoms with van der Waals surface area (Å²) >= 11 is 6.09. The minimum atomic E-state index is -4.59. The Hall–Kier alpha value is -0.470. The van der Waals surface area contributed by atoms with Crippen molar-refractivity contribution in [2.75, 3.05) is 13.2 Å². The Bertz CT molecular complexity index is 536. The monoisotopic (exact) mass is 360 g/mol. The number of hydrazone groups is 1. The van der Waals surface area contributed by atoms with Gasteiger partial charge < -0.3 is 9.05 Å². The zero-order valence-corrected chi connectivity index (χ0v) is 14.3. The minimum Gasteiger partial charge on any atom is -0.313 e. The summed E-state index contributed by atoms with van der Waals surface area (Å²) in [6.45, 7) is 2.47. The molecule has 0 aromatic carbocycles. The van der Waals surface area contributed by atoms with Crippen LogP contribution in [-0.2, 0) is 20.9 Å². The Morgan fingerprint density at radius 3 is 2.29 bits per heavy atom. The Morgan fingerprint density at radius 1 is 1.33 bits per heavy atom. The molecule has 21 heavy (non-hydrogen) atoms. The summed E-state index contributed by atoms with van der Waals surface area (Å²) in [6, 6.07) is 2.97. The average molecular weight is 360 g/mol. The van der Waals surface area contributed by atoms with Crippen molar-refractivity contribution in [3.8, 4) is 0 Å². The first kappa shape index (κ1) is 18.6. The third-order valence-electron chi connectivity index (χ3n) is 2.12. The molecule has 10 heteroatoms. The highest BCUT2D eigenvalue weighted by Crippen LogP contribution is 2.44. The highest BCUT2D eigenvalue weighted by molar-refractivity contribution is 8.08. The van der Waals surface area contributed by atoms with E-state index >= 15 is 0 Å². The first-order chi connectivity index (χ1) is 9.72. The summed E-state index contributed by atoms with van der Waals surface area (Å²) in [5, 5.41) is 5.70. The molecule has 0 spiro atoms. The van der Waals surface area contributed by atoms with E-state index in [4.69, 9.17) is 20.9 Å². The molecule has 0 saturated heterocycles. The number of halogens is 3. The lowest BCUT2D eigenvalue weighted by Crippen LogP contribution is -2.26. The highest BCUT2D eigenvalue weighted by Gasteiger charge is 2.38. The third-order valence-corrected chi connectivity index (χ3v) is 5.55. The number of alkyl halides is 3. The van der Waals surface area contributed by atoms with Crippen LogP contribution in [-0.4, -0.2) is 25.1 Å². The second-order valence-corrected chi connectivity index (χ2v) is 8.24. The predicted octanol–water partition coefficient (Wildman–Crippen LogP) is 4.21. The lowest BCUT2D eigenvalue weighted by atomic mass is 10.3. The summed E-state index contributed by atoms with van der Waals surface area (Å²) in [5.74, 6) is 0. The van der Waals surface area contributed by atoms with Gasteiger partial charge in [-0.3, -0.25) is 0 Å². The summed E-state index contributed by atoms with van der Waals surface area (Å²) in [6.07, 6.45) is -4.59. The maximum absolute atomic E-state index is 13.1. The van der Waals surface area contributed by atoms with Gasteiger partial charge in [-0.2, -0.15) is 18.3 Å². The Balaban J connectivity index is 3.07. The molecule has 0 aliphatic rings. The molecule has 0 aliphatic heterocycles. The molecule has 0 bridgehead atoms. The van der Waals surface area contributed by atoms with Crippen LogP contribution in [0.25, 0.3) is 0 Å². The molecule has 0 atom stereocenters. The van der Waals surface area contributed by atoms with E-state index in [0.29, 0.717) is 0 Å². The molecule has 0 aliphatic carbocycles. The molecule has 4 nitrogen and oxygen atoms in total. The summed E-state index contributed by atoms with van der Waals surface area (Å²) in [7, 11) is 0. The Labute approximate surface area is 130 Å². The lowest BCUT2D eigenvalue weighted by Gasteiger charge is -2.20. The van der Waals surface area contributed by atoms with Crippen molar-refractivity contribution in [2.45, 2.75) is 26.9 Å². The molecule has 1 N–H and O–H groups in total. The van der Waals surface area contributed by atoms with Crippen LogP contribution in [0.4, 0.5) is 13.2 Å². The van der Waals surface area contributed by atoms with Crippen LogP contribution >= 0.6 is 18.0 Å². The standard InChI is InChI=1S/C11H16F3N2O2PS2/c1-4-17-19(20,18-5-2)16-15-10(11(12,13)14)9-7-6-8(3)21-9/h6-7H,4-5H2,1-3H3,(H,16,20). The van der Waals surface area contributed by atoms with Gasteiger partial charge in [0.15, 0.2) is 5.71 Å². The van der Waals surface area contributed by atoms with Crippen molar-refractivity contribution < 1.29 is 22.2 Å². The number of hydrogen-bond acceptors (Lipinski definition) is 5. The summed E-state index contributed by atoms with van der Waals surface area (Å²) in [5.41, 5.74) is -1.03. The lowest BCUT2D eigenvalue weighted by molar-refractivity contribution is -0.0581. The molecule has 0 amide bonds. The van der Waals surface area contributed by atoms with Crippen LogP contribution in [0.5, 0.6) is 0 Å². The van der Waals surface area contributed by atoms with Crippen molar-refractivity contribution in [1.29, 1.82) is 0 Å². The van der Waals surface area contributed by atoms with Crippen molar-refractivity contribution in [2.24, 2.45) is 5.10 Å². The summed E-state index contributed by atoms with van der Waals surface area (Å²) < 4.78 is 49.7. The van der Waals surface area contributed by atoms with Gasteiger partial charge in [-0.05, 0) is 44.7 Å². The van der Waals surface area contributed by atoms with Crippen molar-refractivity contribution in [3.63, 3.8) is 0 Å². The van der Waals surface area contributed by atoms with E-state index < -0.39 is 18.5 Å². The zero-order chi connectivity index (χ0) is 16.1. The van der Waals surface area contributed by atoms with Crippen LogP contribution in [0.15, 0.2) is 17.2 Å². The Morgan fingerprint density at radius 2 is 1.90 bits per heavy atom. The second kappa shape index (κ2) is 7.69. The van der Waals surface area contributed by atoms with Gasteiger partial charge in [-0.15, -0.1) is 11.3 Å². The van der Waals surface area contributed by atoms with Crippen LogP contribution in [0.3, 0.4) is 0 Å². The predicted molar refractivity (Wildman–Crippen MR) is 82.3 cm³/mol. The maximum atomic E-state index is 13.1. The molecule has 1 aromatic heterocycles. The van der Waals surface area contributed by atoms with E-state index in [1.54, 1.807) is 26.8 Å². The molecule has 0 unspecified atom stereocenters. The number of aryl methyl sites for hydroxylation is 1. The fourth-order valence-corrected chi connectivity index (χ4v) is 4.09. The smallest absolute Gasteiger partial charge is 0.313 e. The van der Waals surface area contributed by atoms with Gasteiger partial charge in [0.05, 0.1) is 18.1 Å². The first-order valence-electron chi connectivity index (χ1n) is 6.10. The van der Waals surface area contributed by atoms with Gasteiger partial charge in [0.2, 0.25) is 0 Å². The number of nitrogens with one attached hydrogen (secondary N) is 1. The molecule has 1 rings (SSSR count). The van der Waals surface area contributed by atoms with Gasteiger partial charge in [-0.1, -0.05) is 0 Å². The topological polar surface area (TPSA) is 42.8 Å². The van der Waals surface area contributed by atoms with Gasteiger partial charge in [0, 0.05) is 4.88 Å². The van der Waals surface area contributed by atoms with Crippen LogP contribution in [0, 0.1) is 6.92 Å². The average Bonchev–Trinajstić information content (AvgIpc) is 2.74. The van der Waals surface area contributed by atoms with E-state index in [0.717, 1.165) is 16.2 Å². The first-order valence-corrected chi connectivity index (χ1v) is 9.55. The number of nitrogens with zero attached hydrogens (tertiary/aromatic N) is 1. The maximum Gasteiger partial charge on any atom is 0.436 e. The number of thiophene rings is 1. The highest BCUT2D eigenvalue weighted by atomic mass is 32.5. The fraction of sp³-hybridized carbons (Fsp3) is 0.545. The molecular weight excluding hydrogens is 344 g/mol. The minimum absolute atomic E-state index is 0.0158. The summed E-state index contributed by atoms with van der Waals surface area (Å²) in [4.78, 5) is 0.776. The molecule has 1 aromatic rings. The third kappa shape index (κ3) is 5.67. The normalized spacial score (nSPS) is 13.5. The number of hydrogen-bond donors (Lipinski definition) is 1.